The summed E-state index contributed by atoms with van der Waals surface area (Å²) in [6.45, 7) is 3.15. The first-order valence-corrected chi connectivity index (χ1v) is 10.2. The van der Waals surface area contributed by atoms with Gasteiger partial charge in [0.1, 0.15) is 0 Å². The fraction of sp³-hybridized carbons (Fsp3) is 0.409. The quantitative estimate of drug-likeness (QED) is 0.689. The van der Waals surface area contributed by atoms with Crippen molar-refractivity contribution < 1.29 is 4.79 Å². The van der Waals surface area contributed by atoms with Crippen LogP contribution in [-0.2, 0) is 0 Å². The molecule has 7 nitrogen and oxygen atoms in total. The number of hydrogen-bond donors (Lipinski definition) is 0. The van der Waals surface area contributed by atoms with Gasteiger partial charge in [-0.15, -0.1) is 0 Å². The lowest BCUT2D eigenvalue weighted by Crippen LogP contribution is -2.38. The van der Waals surface area contributed by atoms with Crippen molar-refractivity contribution in [2.45, 2.75) is 38.5 Å². The van der Waals surface area contributed by atoms with Crippen LogP contribution in [0.4, 0.5) is 0 Å². The van der Waals surface area contributed by atoms with E-state index in [1.54, 1.807) is 10.9 Å². The molecule has 1 saturated carbocycles. The van der Waals surface area contributed by atoms with Gasteiger partial charge in [-0.3, -0.25) is 4.79 Å². The normalized spacial score (nSPS) is 17.4. The van der Waals surface area contributed by atoms with Gasteiger partial charge in [-0.25, -0.2) is 9.97 Å². The van der Waals surface area contributed by atoms with E-state index >= 15 is 0 Å². The van der Waals surface area contributed by atoms with Gasteiger partial charge in [0.25, 0.3) is 5.91 Å². The fourth-order valence-corrected chi connectivity index (χ4v) is 4.09. The van der Waals surface area contributed by atoms with Crippen molar-refractivity contribution in [3.63, 3.8) is 0 Å². The van der Waals surface area contributed by atoms with E-state index in [4.69, 9.17) is 10.2 Å². The highest BCUT2D eigenvalue weighted by molar-refractivity contribution is 6.06. The monoisotopic (exact) mass is 386 g/mol. The topological polar surface area (TPSA) is 87.7 Å². The molecule has 1 amide bonds. The minimum absolute atomic E-state index is 0.0133. The van der Waals surface area contributed by atoms with Crippen LogP contribution >= 0.6 is 0 Å². The average Bonchev–Trinajstić information content (AvgIpc) is 3.57. The molecular formula is C22H22N6O. The molecule has 29 heavy (non-hydrogen) atoms. The molecule has 5 rings (SSSR count). The van der Waals surface area contributed by atoms with Gasteiger partial charge in [0, 0.05) is 36.8 Å². The molecule has 0 atom stereocenters. The van der Waals surface area contributed by atoms with Gasteiger partial charge in [0.2, 0.25) is 0 Å². The third-order valence-corrected chi connectivity index (χ3v) is 5.89. The molecule has 2 aliphatic rings. The van der Waals surface area contributed by atoms with Crippen LogP contribution in [0.2, 0.25) is 0 Å². The lowest BCUT2D eigenvalue weighted by atomic mass is 9.97. The maximum absolute atomic E-state index is 13.5. The van der Waals surface area contributed by atoms with Gasteiger partial charge in [0.15, 0.2) is 11.5 Å². The van der Waals surface area contributed by atoms with Crippen LogP contribution in [0.3, 0.4) is 0 Å². The maximum atomic E-state index is 13.5. The van der Waals surface area contributed by atoms with Crippen molar-refractivity contribution in [1.82, 2.24) is 24.6 Å². The summed E-state index contributed by atoms with van der Waals surface area (Å²) in [5, 5.41) is 14.6. The summed E-state index contributed by atoms with van der Waals surface area (Å²) < 4.78 is 1.75. The Balaban J connectivity index is 1.62. The number of carbonyl (C=O) groups is 1. The first-order valence-electron chi connectivity index (χ1n) is 10.2. The Labute approximate surface area is 169 Å². The first-order chi connectivity index (χ1) is 14.2. The highest BCUT2D eigenvalue weighted by atomic mass is 16.2. The molecule has 0 radical (unpaired) electrons. The average molecular weight is 386 g/mol. The summed E-state index contributed by atoms with van der Waals surface area (Å²) in [5.74, 6) is 1.17. The van der Waals surface area contributed by atoms with E-state index in [9.17, 15) is 4.79 Å². The predicted molar refractivity (Wildman–Crippen MR) is 108 cm³/mol. The largest absolute Gasteiger partial charge is 0.339 e. The minimum Gasteiger partial charge on any atom is -0.339 e. The van der Waals surface area contributed by atoms with Crippen molar-refractivity contribution in [1.29, 1.82) is 5.26 Å². The summed E-state index contributed by atoms with van der Waals surface area (Å²) in [4.78, 5) is 24.7. The number of nitrogens with zero attached hydrogens (tertiary/aromatic N) is 6. The van der Waals surface area contributed by atoms with Crippen LogP contribution in [0, 0.1) is 24.2 Å². The molecule has 0 spiro atoms. The van der Waals surface area contributed by atoms with E-state index in [1.165, 1.54) is 0 Å². The molecular weight excluding hydrogens is 364 g/mol. The van der Waals surface area contributed by atoms with Crippen LogP contribution in [0.15, 0.2) is 30.5 Å². The van der Waals surface area contributed by atoms with E-state index in [-0.39, 0.29) is 11.8 Å². The number of piperidine rings is 1. The van der Waals surface area contributed by atoms with Gasteiger partial charge >= 0.3 is 0 Å². The smallest absolute Gasteiger partial charge is 0.254 e. The number of aryl methyl sites for hydroxylation is 1. The molecule has 146 valence electrons. The van der Waals surface area contributed by atoms with Gasteiger partial charge < -0.3 is 4.90 Å². The molecule has 3 aromatic rings. The number of pyridine rings is 2. The Bertz CT molecular complexity index is 1120. The van der Waals surface area contributed by atoms with Gasteiger partial charge in [0.05, 0.1) is 22.7 Å². The van der Waals surface area contributed by atoms with Crippen LogP contribution in [0.5, 0.6) is 0 Å². The van der Waals surface area contributed by atoms with E-state index in [0.717, 1.165) is 42.5 Å². The zero-order chi connectivity index (χ0) is 20.0. The van der Waals surface area contributed by atoms with Crippen molar-refractivity contribution in [2.24, 2.45) is 5.92 Å². The third-order valence-electron chi connectivity index (χ3n) is 5.89. The molecule has 1 saturated heterocycles. The standard InChI is InChI=1S/C22H22N6O/c1-14-20-17(22(29)27-10-7-15(13-23)8-11-27)12-18(16-5-6-16)25-21(20)28(26-14)19-4-2-3-9-24-19/h2-4,9,12,15-16H,5-8,10-11H2,1H3. The summed E-state index contributed by atoms with van der Waals surface area (Å²) in [6, 6.07) is 9.97. The molecule has 0 N–H and O–H groups in total. The number of likely N-dealkylation sites (tertiary alicyclic amines) is 1. The lowest BCUT2D eigenvalue weighted by molar-refractivity contribution is 0.0709. The Morgan fingerprint density at radius 3 is 2.66 bits per heavy atom. The van der Waals surface area contributed by atoms with Crippen molar-refractivity contribution >= 4 is 16.9 Å². The zero-order valence-corrected chi connectivity index (χ0v) is 16.4. The number of nitriles is 1. The fourth-order valence-electron chi connectivity index (χ4n) is 4.09. The Morgan fingerprint density at radius 2 is 2.00 bits per heavy atom. The number of carbonyl (C=O) groups excluding carboxylic acids is 1. The number of aromatic nitrogens is 4. The van der Waals surface area contributed by atoms with Gasteiger partial charge in [-0.2, -0.15) is 15.0 Å². The Kier molecular flexibility index (Phi) is 4.27. The summed E-state index contributed by atoms with van der Waals surface area (Å²) in [5.41, 5.74) is 3.11. The van der Waals surface area contributed by atoms with Gasteiger partial charge in [-0.05, 0) is 50.8 Å². The second-order valence-electron chi connectivity index (χ2n) is 7.95. The predicted octanol–water partition coefficient (Wildman–Crippen LogP) is 3.38. The maximum Gasteiger partial charge on any atom is 0.254 e. The molecule has 7 heteroatoms. The number of fused-ring (bicyclic) bond motifs is 1. The number of rotatable bonds is 3. The molecule has 0 unspecified atom stereocenters. The van der Waals surface area contributed by atoms with Crippen LogP contribution in [-0.4, -0.2) is 43.6 Å². The van der Waals surface area contributed by atoms with E-state index < -0.39 is 0 Å². The molecule has 1 aliphatic heterocycles. The highest BCUT2D eigenvalue weighted by Crippen LogP contribution is 2.41. The van der Waals surface area contributed by atoms with Crippen molar-refractivity contribution in [3.8, 4) is 11.9 Å². The molecule has 4 heterocycles. The van der Waals surface area contributed by atoms with E-state index in [1.807, 2.05) is 36.1 Å². The first kappa shape index (κ1) is 17.8. The zero-order valence-electron chi connectivity index (χ0n) is 16.4. The lowest BCUT2D eigenvalue weighted by Gasteiger charge is -2.29. The molecule has 0 bridgehead atoms. The van der Waals surface area contributed by atoms with Crippen LogP contribution in [0.25, 0.3) is 16.9 Å². The molecule has 1 aliphatic carbocycles. The van der Waals surface area contributed by atoms with Gasteiger partial charge in [-0.1, -0.05) is 6.07 Å². The SMILES string of the molecule is Cc1nn(-c2ccccn2)c2nc(C3CC3)cc(C(=O)N3CCC(C#N)CC3)c12. The number of hydrogen-bond acceptors (Lipinski definition) is 5. The summed E-state index contributed by atoms with van der Waals surface area (Å²) in [6.07, 6.45) is 5.41. The highest BCUT2D eigenvalue weighted by Gasteiger charge is 2.31. The third kappa shape index (κ3) is 3.15. The molecule has 2 fully saturated rings. The summed E-state index contributed by atoms with van der Waals surface area (Å²) >= 11 is 0. The Hall–Kier alpha value is -3.27. The van der Waals surface area contributed by atoms with E-state index in [0.29, 0.717) is 36.0 Å². The Morgan fingerprint density at radius 1 is 1.21 bits per heavy atom. The second kappa shape index (κ2) is 6.96. The second-order valence-corrected chi connectivity index (χ2v) is 7.95. The number of amides is 1. The van der Waals surface area contributed by atoms with Crippen LogP contribution in [0.1, 0.15) is 53.3 Å². The molecule has 3 aromatic heterocycles. The van der Waals surface area contributed by atoms with Crippen molar-refractivity contribution in [2.75, 3.05) is 13.1 Å². The molecule has 0 aromatic carbocycles. The van der Waals surface area contributed by atoms with Crippen molar-refractivity contribution in [3.05, 3.63) is 47.4 Å². The van der Waals surface area contributed by atoms with E-state index in [2.05, 4.69) is 16.2 Å². The summed E-state index contributed by atoms with van der Waals surface area (Å²) in [7, 11) is 0. The minimum atomic E-state index is 0.0133. The van der Waals surface area contributed by atoms with Crippen LogP contribution < -0.4 is 0 Å².